The molecule has 0 aliphatic heterocycles. The van der Waals surface area contributed by atoms with Crippen molar-refractivity contribution in [3.05, 3.63) is 72.6 Å². The fourth-order valence-electron chi connectivity index (χ4n) is 3.11. The molecule has 0 aromatic heterocycles. The number of rotatable bonds is 8. The summed E-state index contributed by atoms with van der Waals surface area (Å²) in [6.45, 7) is 2.50. The molecule has 5 heteroatoms. The minimum Gasteiger partial charge on any atom is -0.483 e. The molecule has 0 saturated carbocycles. The maximum absolute atomic E-state index is 14.9. The average Bonchev–Trinajstić information content (AvgIpc) is 2.68. The summed E-state index contributed by atoms with van der Waals surface area (Å²) in [7, 11) is 0. The smallest absolute Gasteiger partial charge is 0.387 e. The van der Waals surface area contributed by atoms with Crippen LogP contribution in [0.2, 0.25) is 0 Å². The van der Waals surface area contributed by atoms with Gasteiger partial charge in [0.05, 0.1) is 0 Å². The highest BCUT2D eigenvalue weighted by atomic mass is 19.3. The molecule has 0 aliphatic carbocycles. The van der Waals surface area contributed by atoms with E-state index >= 15 is 0 Å². The molecule has 0 atom stereocenters. The predicted octanol–water partition coefficient (Wildman–Crippen LogP) is 6.76. The zero-order valence-corrected chi connectivity index (χ0v) is 15.6. The topological polar surface area (TPSA) is 18.5 Å². The number of fused-ring (bicyclic) bond motifs is 1. The minimum absolute atomic E-state index is 0.0236. The van der Waals surface area contributed by atoms with Gasteiger partial charge in [0, 0.05) is 5.39 Å². The van der Waals surface area contributed by atoms with E-state index in [2.05, 4.69) is 30.4 Å². The van der Waals surface area contributed by atoms with Crippen LogP contribution in [0.15, 0.2) is 61.2 Å². The highest BCUT2D eigenvalue weighted by molar-refractivity contribution is 5.90. The van der Waals surface area contributed by atoms with E-state index in [4.69, 9.17) is 4.74 Å². The first kappa shape index (κ1) is 19.8. The number of alkyl halides is 2. The van der Waals surface area contributed by atoms with Crippen molar-refractivity contribution in [3.63, 3.8) is 0 Å². The van der Waals surface area contributed by atoms with E-state index < -0.39 is 12.4 Å². The molecule has 0 aliphatic rings. The Morgan fingerprint density at radius 1 is 1.04 bits per heavy atom. The molecule has 3 aromatic rings. The van der Waals surface area contributed by atoms with Crippen molar-refractivity contribution < 1.29 is 22.6 Å². The van der Waals surface area contributed by atoms with Crippen molar-refractivity contribution >= 4 is 10.8 Å². The third-order valence-corrected chi connectivity index (χ3v) is 4.39. The van der Waals surface area contributed by atoms with Gasteiger partial charge in [-0.1, -0.05) is 62.4 Å². The molecule has 0 unspecified atom stereocenters. The summed E-state index contributed by atoms with van der Waals surface area (Å²) < 4.78 is 50.2. The first-order valence-electron chi connectivity index (χ1n) is 9.07. The van der Waals surface area contributed by atoms with Gasteiger partial charge in [0.1, 0.15) is 6.61 Å². The fourth-order valence-corrected chi connectivity index (χ4v) is 3.11. The predicted molar refractivity (Wildman–Crippen MR) is 106 cm³/mol. The van der Waals surface area contributed by atoms with Crippen molar-refractivity contribution in [2.75, 3.05) is 6.61 Å². The van der Waals surface area contributed by atoms with E-state index in [-0.39, 0.29) is 23.5 Å². The van der Waals surface area contributed by atoms with Crippen molar-refractivity contribution in [1.29, 1.82) is 0 Å². The first-order chi connectivity index (χ1) is 13.5. The van der Waals surface area contributed by atoms with Crippen LogP contribution >= 0.6 is 0 Å². The van der Waals surface area contributed by atoms with E-state index in [9.17, 15) is 13.2 Å². The quantitative estimate of drug-likeness (QED) is 0.398. The molecule has 3 aromatic carbocycles. The van der Waals surface area contributed by atoms with Gasteiger partial charge in [-0.25, -0.2) is 4.39 Å². The van der Waals surface area contributed by atoms with E-state index in [1.165, 1.54) is 17.7 Å². The maximum Gasteiger partial charge on any atom is 0.387 e. The molecule has 0 radical (unpaired) electrons. The van der Waals surface area contributed by atoms with Gasteiger partial charge >= 0.3 is 6.61 Å². The number of ether oxygens (including phenoxy) is 2. The number of halogens is 3. The van der Waals surface area contributed by atoms with Gasteiger partial charge < -0.3 is 9.47 Å². The lowest BCUT2D eigenvalue weighted by molar-refractivity contribution is -0.0515. The molecule has 0 heterocycles. The van der Waals surface area contributed by atoms with Crippen LogP contribution in [0.4, 0.5) is 13.2 Å². The van der Waals surface area contributed by atoms with Crippen LogP contribution in [0.25, 0.3) is 21.9 Å². The largest absolute Gasteiger partial charge is 0.483 e. The lowest BCUT2D eigenvalue weighted by Crippen LogP contribution is -2.06. The normalized spacial score (nSPS) is 11.0. The Labute approximate surface area is 162 Å². The van der Waals surface area contributed by atoms with Gasteiger partial charge in [0.2, 0.25) is 0 Å². The molecular formula is C23H21F3O2. The van der Waals surface area contributed by atoms with E-state index in [0.717, 1.165) is 24.0 Å². The van der Waals surface area contributed by atoms with E-state index in [1.807, 2.05) is 12.1 Å². The molecule has 3 rings (SSSR count). The number of hydrogen-bond acceptors (Lipinski definition) is 2. The number of aryl methyl sites for hydroxylation is 1. The van der Waals surface area contributed by atoms with Gasteiger partial charge in [-0.3, -0.25) is 0 Å². The first-order valence-corrected chi connectivity index (χ1v) is 9.07. The summed E-state index contributed by atoms with van der Waals surface area (Å²) in [5.41, 5.74) is 3.07. The summed E-state index contributed by atoms with van der Waals surface area (Å²) >= 11 is 0. The van der Waals surface area contributed by atoms with E-state index in [1.54, 1.807) is 18.2 Å². The summed E-state index contributed by atoms with van der Waals surface area (Å²) in [5.74, 6) is -1.42. The zero-order valence-electron chi connectivity index (χ0n) is 15.6. The number of benzene rings is 3. The zero-order chi connectivity index (χ0) is 20.1. The third-order valence-electron chi connectivity index (χ3n) is 4.39. The fraction of sp³-hybridized carbons (Fsp3) is 0.217. The molecule has 0 amide bonds. The Hall–Kier alpha value is -2.95. The maximum atomic E-state index is 14.9. The van der Waals surface area contributed by atoms with Gasteiger partial charge in [0.25, 0.3) is 0 Å². The highest BCUT2D eigenvalue weighted by Crippen LogP contribution is 2.38. The lowest BCUT2D eigenvalue weighted by atomic mass is 9.99. The Morgan fingerprint density at radius 2 is 1.75 bits per heavy atom. The van der Waals surface area contributed by atoms with Gasteiger partial charge in [0.15, 0.2) is 17.3 Å². The minimum atomic E-state index is -3.09. The Bertz CT molecular complexity index is 966. The summed E-state index contributed by atoms with van der Waals surface area (Å²) in [6.07, 6.45) is 3.48. The Kier molecular flexibility index (Phi) is 6.24. The lowest BCUT2D eigenvalue weighted by Gasteiger charge is -2.15. The third kappa shape index (κ3) is 4.30. The van der Waals surface area contributed by atoms with Crippen molar-refractivity contribution in [2.24, 2.45) is 0 Å². The molecule has 0 saturated heterocycles. The van der Waals surface area contributed by atoms with Gasteiger partial charge in [-0.15, -0.1) is 0 Å². The summed E-state index contributed by atoms with van der Waals surface area (Å²) in [6, 6.07) is 14.7. The van der Waals surface area contributed by atoms with E-state index in [0.29, 0.717) is 5.39 Å². The van der Waals surface area contributed by atoms with Crippen LogP contribution in [-0.2, 0) is 6.42 Å². The van der Waals surface area contributed by atoms with Crippen molar-refractivity contribution in [3.8, 4) is 22.6 Å². The molecule has 0 fully saturated rings. The van der Waals surface area contributed by atoms with Crippen LogP contribution in [0.1, 0.15) is 18.9 Å². The van der Waals surface area contributed by atoms with Crippen LogP contribution in [-0.4, -0.2) is 13.2 Å². The summed E-state index contributed by atoms with van der Waals surface area (Å²) in [4.78, 5) is 0. The van der Waals surface area contributed by atoms with Crippen molar-refractivity contribution in [1.82, 2.24) is 0 Å². The molecule has 2 nitrogen and oxygen atoms in total. The SMILES string of the molecule is C=CCOc1c(OC(F)F)cc2cc(-c3ccc(CCC)cc3)ccc2c1F. The molecule has 146 valence electrons. The molecule has 0 spiro atoms. The van der Waals surface area contributed by atoms with Crippen molar-refractivity contribution in [2.45, 2.75) is 26.4 Å². The number of hydrogen-bond donors (Lipinski definition) is 0. The Morgan fingerprint density at radius 3 is 2.39 bits per heavy atom. The second-order valence-corrected chi connectivity index (χ2v) is 6.38. The van der Waals surface area contributed by atoms with Gasteiger partial charge in [-0.05, 0) is 40.6 Å². The van der Waals surface area contributed by atoms with Crippen LogP contribution < -0.4 is 9.47 Å². The van der Waals surface area contributed by atoms with Crippen LogP contribution in [0.3, 0.4) is 0 Å². The van der Waals surface area contributed by atoms with Gasteiger partial charge in [-0.2, -0.15) is 8.78 Å². The molecule has 0 bridgehead atoms. The van der Waals surface area contributed by atoms with Crippen LogP contribution in [0, 0.1) is 5.82 Å². The summed E-state index contributed by atoms with van der Waals surface area (Å²) in [5, 5.41) is 0.723. The molecule has 0 N–H and O–H groups in total. The van der Waals surface area contributed by atoms with Crippen LogP contribution in [0.5, 0.6) is 11.5 Å². The molecular weight excluding hydrogens is 365 g/mol. The second kappa shape index (κ2) is 8.83. The molecule has 28 heavy (non-hydrogen) atoms. The highest BCUT2D eigenvalue weighted by Gasteiger charge is 2.19. The second-order valence-electron chi connectivity index (χ2n) is 6.38. The standard InChI is InChI=1S/C23H21F3O2/c1-3-5-15-6-8-16(9-7-15)17-10-11-19-18(13-17)14-20(28-23(25)26)22(21(19)24)27-12-4-2/h4,6-11,13-14,23H,2-3,5,12H2,1H3. The Balaban J connectivity index is 2.06. The monoisotopic (exact) mass is 386 g/mol. The average molecular weight is 386 g/mol.